The van der Waals surface area contributed by atoms with Gasteiger partial charge >= 0.3 is 5.97 Å². The summed E-state index contributed by atoms with van der Waals surface area (Å²) in [5.74, 6) is -0.616. The van der Waals surface area contributed by atoms with Crippen LogP contribution in [0.3, 0.4) is 0 Å². The van der Waals surface area contributed by atoms with Gasteiger partial charge in [-0.2, -0.15) is 0 Å². The van der Waals surface area contributed by atoms with Crippen LogP contribution in [0.25, 0.3) is 0 Å². The van der Waals surface area contributed by atoms with Crippen molar-refractivity contribution >= 4 is 11.8 Å². The van der Waals surface area contributed by atoms with Crippen LogP contribution in [0, 0.1) is 0 Å². The molecule has 1 saturated heterocycles. The normalized spacial score (nSPS) is 23.3. The Morgan fingerprint density at radius 1 is 0.952 bits per heavy atom. The first-order valence-corrected chi connectivity index (χ1v) is 7.38. The van der Waals surface area contributed by atoms with Gasteiger partial charge in [-0.05, 0) is 47.6 Å². The third kappa shape index (κ3) is 4.53. The number of rotatable bonds is 4. The van der Waals surface area contributed by atoms with Gasteiger partial charge in [0.05, 0.1) is 0 Å². The van der Waals surface area contributed by atoms with Crippen LogP contribution in [0.4, 0.5) is 0 Å². The van der Waals surface area contributed by atoms with Crippen molar-refractivity contribution in [2.75, 3.05) is 0 Å². The van der Waals surface area contributed by atoms with Crippen LogP contribution in [0.5, 0.6) is 0 Å². The van der Waals surface area contributed by atoms with Crippen LogP contribution < -0.4 is 5.32 Å². The molecule has 0 aromatic carbocycles. The van der Waals surface area contributed by atoms with Gasteiger partial charge in [-0.1, -0.05) is 12.2 Å². The van der Waals surface area contributed by atoms with E-state index in [9.17, 15) is 9.59 Å². The van der Waals surface area contributed by atoms with Gasteiger partial charge in [-0.3, -0.25) is 4.79 Å². The zero-order valence-corrected chi connectivity index (χ0v) is 13.9. The van der Waals surface area contributed by atoms with Gasteiger partial charge in [0.2, 0.25) is 0 Å². The Balaban J connectivity index is 3.24. The highest BCUT2D eigenvalue weighted by Crippen LogP contribution is 2.39. The summed E-state index contributed by atoms with van der Waals surface area (Å²) < 4.78 is 5.64. The van der Waals surface area contributed by atoms with Crippen molar-refractivity contribution in [3.05, 3.63) is 24.3 Å². The van der Waals surface area contributed by atoms with Crippen LogP contribution in [0.15, 0.2) is 24.3 Å². The summed E-state index contributed by atoms with van der Waals surface area (Å²) in [4.78, 5) is 24.6. The van der Waals surface area contributed by atoms with Crippen LogP contribution in [0.2, 0.25) is 0 Å². The van der Waals surface area contributed by atoms with Crippen LogP contribution in [0.1, 0.15) is 54.4 Å². The van der Waals surface area contributed by atoms with Crippen molar-refractivity contribution < 1.29 is 14.3 Å². The average Bonchev–Trinajstić information content (AvgIpc) is 2.24. The van der Waals surface area contributed by atoms with Gasteiger partial charge in [0.1, 0.15) is 0 Å². The number of nitrogens with one attached hydrogen (secondary N) is 1. The topological polar surface area (TPSA) is 55.4 Å². The molecule has 1 aliphatic rings. The summed E-state index contributed by atoms with van der Waals surface area (Å²) in [6.45, 7) is 11.6. The Morgan fingerprint density at radius 3 is 1.86 bits per heavy atom. The van der Waals surface area contributed by atoms with Gasteiger partial charge < -0.3 is 10.1 Å². The molecule has 1 aliphatic heterocycles. The first kappa shape index (κ1) is 17.6. The van der Waals surface area contributed by atoms with Gasteiger partial charge in [0.25, 0.3) is 0 Å². The minimum absolute atomic E-state index is 0.148. The molecular formula is C17H27NO3. The molecule has 4 heteroatoms. The number of esters is 1. The van der Waals surface area contributed by atoms with Crippen LogP contribution in [-0.4, -0.2) is 28.4 Å². The number of allylic oxidation sites excluding steroid dienone is 2. The molecule has 0 aliphatic carbocycles. The smallest absolute Gasteiger partial charge is 0.331 e. The van der Waals surface area contributed by atoms with Crippen molar-refractivity contribution in [1.82, 2.24) is 5.32 Å². The average molecular weight is 293 g/mol. The Morgan fingerprint density at radius 2 is 1.43 bits per heavy atom. The molecule has 0 unspecified atom stereocenters. The Bertz CT molecular complexity index is 456. The van der Waals surface area contributed by atoms with Crippen molar-refractivity contribution in [3.8, 4) is 0 Å². The second-order valence-corrected chi connectivity index (χ2v) is 7.03. The lowest BCUT2D eigenvalue weighted by atomic mass is 9.70. The molecular weight excluding hydrogens is 266 g/mol. The van der Waals surface area contributed by atoms with Crippen molar-refractivity contribution in [2.45, 2.75) is 71.1 Å². The first-order valence-electron chi connectivity index (χ1n) is 7.38. The Hall–Kier alpha value is -1.42. The van der Waals surface area contributed by atoms with Crippen molar-refractivity contribution in [3.63, 3.8) is 0 Å². The third-order valence-corrected chi connectivity index (χ3v) is 3.50. The highest BCUT2D eigenvalue weighted by molar-refractivity contribution is 5.99. The second kappa shape index (κ2) is 6.14. The lowest BCUT2D eigenvalue weighted by molar-refractivity contribution is -0.170. The zero-order valence-electron chi connectivity index (χ0n) is 13.9. The highest BCUT2D eigenvalue weighted by Gasteiger charge is 2.53. The summed E-state index contributed by atoms with van der Waals surface area (Å²) in [6.07, 6.45) is 7.07. The van der Waals surface area contributed by atoms with Gasteiger partial charge in [0.15, 0.2) is 11.4 Å². The molecule has 0 aromatic heterocycles. The van der Waals surface area contributed by atoms with E-state index in [1.807, 2.05) is 27.7 Å². The molecule has 0 amide bonds. The predicted molar refractivity (Wildman–Crippen MR) is 84.0 cm³/mol. The highest BCUT2D eigenvalue weighted by atomic mass is 16.6. The number of carbonyl (C=O) groups is 2. The molecule has 0 aromatic rings. The van der Waals surface area contributed by atoms with E-state index in [2.05, 4.69) is 5.32 Å². The summed E-state index contributed by atoms with van der Waals surface area (Å²) in [6, 6.07) is 0. The second-order valence-electron chi connectivity index (χ2n) is 7.03. The van der Waals surface area contributed by atoms with Crippen LogP contribution in [-0.2, 0) is 14.3 Å². The molecule has 1 fully saturated rings. The lowest BCUT2D eigenvalue weighted by Gasteiger charge is -2.51. The first-order chi connectivity index (χ1) is 9.56. The maximum absolute atomic E-state index is 12.6. The van der Waals surface area contributed by atoms with E-state index < -0.39 is 11.6 Å². The fourth-order valence-electron chi connectivity index (χ4n) is 3.46. The fraction of sp³-hybridized carbons (Fsp3) is 0.647. The summed E-state index contributed by atoms with van der Waals surface area (Å²) in [7, 11) is 0. The van der Waals surface area contributed by atoms with Gasteiger partial charge in [-0.25, -0.2) is 4.79 Å². The maximum atomic E-state index is 12.6. The van der Waals surface area contributed by atoms with E-state index in [0.29, 0.717) is 12.8 Å². The molecule has 4 nitrogen and oxygen atoms in total. The minimum Gasteiger partial charge on any atom is -0.447 e. The molecule has 1 heterocycles. The molecule has 1 N–H and O–H groups in total. The van der Waals surface area contributed by atoms with E-state index >= 15 is 0 Å². The number of hydrogen-bond acceptors (Lipinski definition) is 4. The summed E-state index contributed by atoms with van der Waals surface area (Å²) in [5.41, 5.74) is -1.70. The number of piperidine rings is 1. The summed E-state index contributed by atoms with van der Waals surface area (Å²) in [5, 5.41) is 3.50. The number of carbonyl (C=O) groups excluding carboxylic acids is 2. The molecule has 0 atom stereocenters. The predicted octanol–water partition coefficient (Wildman–Crippen LogP) is 2.93. The maximum Gasteiger partial charge on any atom is 0.331 e. The Labute approximate surface area is 127 Å². The molecule has 21 heavy (non-hydrogen) atoms. The zero-order chi connectivity index (χ0) is 16.3. The largest absolute Gasteiger partial charge is 0.447 e. The molecule has 0 bridgehead atoms. The van der Waals surface area contributed by atoms with Crippen molar-refractivity contribution in [2.24, 2.45) is 0 Å². The number of ketones is 1. The molecule has 0 saturated carbocycles. The van der Waals surface area contributed by atoms with E-state index in [4.69, 9.17) is 4.74 Å². The van der Waals surface area contributed by atoms with Gasteiger partial charge in [-0.15, -0.1) is 0 Å². The molecule has 0 radical (unpaired) electrons. The monoisotopic (exact) mass is 293 g/mol. The minimum atomic E-state index is -1.11. The van der Waals surface area contributed by atoms with Gasteiger partial charge in [0, 0.05) is 30.0 Å². The summed E-state index contributed by atoms with van der Waals surface area (Å²) >= 11 is 0. The third-order valence-electron chi connectivity index (χ3n) is 3.50. The standard InChI is InChI=1S/C17H27NO3/c1-7-9-13(19)17(21-14(20)10-8-2)11-15(3,4)18-16(5,6)12-17/h7-10,18H,11-12H2,1-6H3. The Kier molecular flexibility index (Phi) is 5.16. The quantitative estimate of drug-likeness (QED) is 0.639. The van der Waals surface area contributed by atoms with E-state index in [1.54, 1.807) is 26.0 Å². The number of ether oxygens (including phenoxy) is 1. The fourth-order valence-corrected chi connectivity index (χ4v) is 3.46. The van der Waals surface area contributed by atoms with Crippen LogP contribution >= 0.6 is 0 Å². The molecule has 0 spiro atoms. The van der Waals surface area contributed by atoms with Crippen molar-refractivity contribution in [1.29, 1.82) is 0 Å². The van der Waals surface area contributed by atoms with E-state index in [-0.39, 0.29) is 16.9 Å². The van der Waals surface area contributed by atoms with E-state index in [0.717, 1.165) is 0 Å². The number of hydrogen-bond donors (Lipinski definition) is 1. The lowest BCUT2D eigenvalue weighted by Crippen LogP contribution is -2.66. The molecule has 118 valence electrons. The van der Waals surface area contributed by atoms with E-state index in [1.165, 1.54) is 12.2 Å². The SMILES string of the molecule is CC=CC(=O)OC1(C(=O)C=CC)CC(C)(C)NC(C)(C)C1. The molecule has 1 rings (SSSR count).